The molecule has 0 saturated heterocycles. The molecule has 0 aromatic heterocycles. The van der Waals surface area contributed by atoms with Gasteiger partial charge in [0, 0.05) is 19.3 Å². The third-order valence-electron chi connectivity index (χ3n) is 11.9. The predicted molar refractivity (Wildman–Crippen MR) is 311 cm³/mol. The quantitative estimate of drug-likeness (QED) is 0.0261. The van der Waals surface area contributed by atoms with Gasteiger partial charge in [-0.2, -0.15) is 0 Å². The Kier molecular flexibility index (Phi) is 55.5. The molecule has 0 aromatic rings. The molecule has 0 aliphatic carbocycles. The zero-order valence-corrected chi connectivity index (χ0v) is 46.4. The van der Waals surface area contributed by atoms with Gasteiger partial charge >= 0.3 is 17.9 Å². The number of ether oxygens (including phenoxy) is 3. The van der Waals surface area contributed by atoms with Crippen molar-refractivity contribution in [3.05, 3.63) is 134 Å². The number of carbonyl (C=O) groups is 3. The first-order chi connectivity index (χ1) is 35.5. The van der Waals surface area contributed by atoms with Crippen molar-refractivity contribution in [2.24, 2.45) is 0 Å². The summed E-state index contributed by atoms with van der Waals surface area (Å²) >= 11 is 0. The van der Waals surface area contributed by atoms with Crippen molar-refractivity contribution in [3.63, 3.8) is 0 Å². The summed E-state index contributed by atoms with van der Waals surface area (Å²) in [6.45, 7) is 6.34. The van der Waals surface area contributed by atoms with Crippen molar-refractivity contribution in [1.82, 2.24) is 0 Å². The van der Waals surface area contributed by atoms with Crippen LogP contribution in [0.1, 0.15) is 245 Å². The van der Waals surface area contributed by atoms with E-state index in [1.807, 2.05) is 0 Å². The van der Waals surface area contributed by atoms with Gasteiger partial charge in [-0.15, -0.1) is 0 Å². The molecule has 6 nitrogen and oxygen atoms in total. The van der Waals surface area contributed by atoms with Crippen LogP contribution in [0.2, 0.25) is 0 Å². The highest BCUT2D eigenvalue weighted by Gasteiger charge is 2.19. The van der Waals surface area contributed by atoms with Crippen molar-refractivity contribution < 1.29 is 28.6 Å². The second-order valence-corrected chi connectivity index (χ2v) is 18.8. The van der Waals surface area contributed by atoms with Crippen LogP contribution in [0.5, 0.6) is 0 Å². The van der Waals surface area contributed by atoms with Gasteiger partial charge in [-0.3, -0.25) is 14.4 Å². The van der Waals surface area contributed by atoms with Crippen molar-refractivity contribution in [2.75, 3.05) is 13.2 Å². The zero-order valence-electron chi connectivity index (χ0n) is 46.4. The summed E-state index contributed by atoms with van der Waals surface area (Å²) in [5.74, 6) is -0.939. The molecule has 0 N–H and O–H groups in total. The summed E-state index contributed by atoms with van der Waals surface area (Å²) in [5.41, 5.74) is 0. The number of esters is 3. The molecule has 0 bridgehead atoms. The van der Waals surface area contributed by atoms with Gasteiger partial charge in [0.1, 0.15) is 13.2 Å². The molecule has 0 amide bonds. The first-order valence-corrected chi connectivity index (χ1v) is 29.2. The average Bonchev–Trinajstić information content (AvgIpc) is 3.38. The number of rotatable bonds is 51. The lowest BCUT2D eigenvalue weighted by Crippen LogP contribution is -2.30. The zero-order chi connectivity index (χ0) is 52.2. The lowest BCUT2D eigenvalue weighted by atomic mass is 10.1. The number of hydrogen-bond donors (Lipinski definition) is 0. The molecule has 0 saturated carbocycles. The molecule has 0 spiro atoms. The van der Waals surface area contributed by atoms with Crippen molar-refractivity contribution in [2.45, 2.75) is 252 Å². The molecule has 0 fully saturated rings. The number of carbonyl (C=O) groups excluding carboxylic acids is 3. The smallest absolute Gasteiger partial charge is 0.306 e. The molecule has 0 aromatic carbocycles. The molecule has 72 heavy (non-hydrogen) atoms. The van der Waals surface area contributed by atoms with Crippen LogP contribution in [0.4, 0.5) is 0 Å². The minimum atomic E-state index is -0.798. The van der Waals surface area contributed by atoms with Crippen LogP contribution < -0.4 is 0 Å². The largest absolute Gasteiger partial charge is 0.462 e. The topological polar surface area (TPSA) is 78.9 Å². The molecular formula is C66H106O6. The summed E-state index contributed by atoms with van der Waals surface area (Å²) < 4.78 is 16.8. The van der Waals surface area contributed by atoms with E-state index in [4.69, 9.17) is 14.2 Å². The third-order valence-corrected chi connectivity index (χ3v) is 11.9. The Morgan fingerprint density at radius 1 is 0.292 bits per heavy atom. The molecule has 0 heterocycles. The van der Waals surface area contributed by atoms with E-state index in [0.717, 1.165) is 154 Å². The first kappa shape index (κ1) is 67.5. The second kappa shape index (κ2) is 59.1. The molecule has 0 radical (unpaired) electrons. The number of unbranched alkanes of at least 4 members (excludes halogenated alkanes) is 18. The third kappa shape index (κ3) is 56.5. The Hall–Kier alpha value is -4.45. The van der Waals surface area contributed by atoms with E-state index in [2.05, 4.69) is 154 Å². The molecular weight excluding hydrogens is 889 g/mol. The summed E-state index contributed by atoms with van der Waals surface area (Å²) in [5, 5.41) is 0. The molecule has 0 rings (SSSR count). The van der Waals surface area contributed by atoms with E-state index >= 15 is 0 Å². The SMILES string of the molecule is CC/C=C\C/C=C\C/C=C\C/C=C\C/C=C\C/C=C\CCCCCCC(=O)OCC(COC(=O)CCCCCCCCCC)OC(=O)CCCCCCCCC/C=C\C/C=C\C/C=C\C/C=C\C/C=C\CC. The monoisotopic (exact) mass is 995 g/mol. The number of allylic oxidation sites excluding steroid dienone is 22. The van der Waals surface area contributed by atoms with Gasteiger partial charge in [-0.25, -0.2) is 0 Å². The van der Waals surface area contributed by atoms with Gasteiger partial charge in [0.2, 0.25) is 0 Å². The Morgan fingerprint density at radius 2 is 0.542 bits per heavy atom. The lowest BCUT2D eigenvalue weighted by molar-refractivity contribution is -0.167. The van der Waals surface area contributed by atoms with Crippen LogP contribution in [-0.2, 0) is 28.6 Å². The van der Waals surface area contributed by atoms with E-state index in [0.29, 0.717) is 19.3 Å². The summed E-state index contributed by atoms with van der Waals surface area (Å²) in [6, 6.07) is 0. The first-order valence-electron chi connectivity index (χ1n) is 29.2. The van der Waals surface area contributed by atoms with Crippen LogP contribution in [0.3, 0.4) is 0 Å². The molecule has 1 atom stereocenters. The lowest BCUT2D eigenvalue weighted by Gasteiger charge is -2.18. The van der Waals surface area contributed by atoms with Crippen molar-refractivity contribution in [1.29, 1.82) is 0 Å². The Morgan fingerprint density at radius 3 is 0.847 bits per heavy atom. The maximum Gasteiger partial charge on any atom is 0.306 e. The van der Waals surface area contributed by atoms with Crippen molar-refractivity contribution in [3.8, 4) is 0 Å². The van der Waals surface area contributed by atoms with E-state index in [-0.39, 0.29) is 31.1 Å². The van der Waals surface area contributed by atoms with Gasteiger partial charge < -0.3 is 14.2 Å². The average molecular weight is 996 g/mol. The highest BCUT2D eigenvalue weighted by molar-refractivity contribution is 5.71. The maximum atomic E-state index is 12.8. The van der Waals surface area contributed by atoms with Crippen LogP contribution in [-0.4, -0.2) is 37.2 Å². The Labute approximate surface area is 443 Å². The van der Waals surface area contributed by atoms with Gasteiger partial charge in [-0.1, -0.05) is 244 Å². The Bertz CT molecular complexity index is 1560. The van der Waals surface area contributed by atoms with Crippen LogP contribution in [0.15, 0.2) is 134 Å². The van der Waals surface area contributed by atoms with E-state index < -0.39 is 6.10 Å². The van der Waals surface area contributed by atoms with Crippen molar-refractivity contribution >= 4 is 17.9 Å². The fraction of sp³-hybridized carbons (Fsp3) is 0.621. The summed E-state index contributed by atoms with van der Waals surface area (Å²) in [4.78, 5) is 38.1. The van der Waals surface area contributed by atoms with Crippen LogP contribution >= 0.6 is 0 Å². The molecule has 6 heteroatoms. The predicted octanol–water partition coefficient (Wildman–Crippen LogP) is 19.8. The van der Waals surface area contributed by atoms with Gasteiger partial charge in [0.05, 0.1) is 0 Å². The fourth-order valence-corrected chi connectivity index (χ4v) is 7.59. The standard InChI is InChI=1S/C66H106O6/c1-4-7-10-13-16-19-21-23-25-27-29-31-33-35-37-39-41-43-45-47-50-53-56-59-65(68)71-62-63(61-70-64(67)58-55-52-49-18-15-12-9-6-3)72-66(69)60-57-54-51-48-46-44-42-40-38-36-34-32-30-28-26-24-22-20-17-14-11-8-5-2/h7-8,10-11,16-17,19-20,23-26,29-32,35-38,41,43,63H,4-6,9,12-15,18,21-22,27-28,33-34,39-40,42,44-62H2,1-3H3/b10-7-,11-8-,19-16-,20-17-,25-23-,26-24-,31-29-,32-30-,37-35-,38-36-,43-41-. The van der Waals surface area contributed by atoms with E-state index in [1.54, 1.807) is 0 Å². The van der Waals surface area contributed by atoms with Crippen LogP contribution in [0, 0.1) is 0 Å². The highest BCUT2D eigenvalue weighted by Crippen LogP contribution is 2.14. The Balaban J connectivity index is 4.34. The highest BCUT2D eigenvalue weighted by atomic mass is 16.6. The van der Waals surface area contributed by atoms with Gasteiger partial charge in [0.25, 0.3) is 0 Å². The molecule has 0 aliphatic rings. The van der Waals surface area contributed by atoms with Crippen LogP contribution in [0.25, 0.3) is 0 Å². The molecule has 0 aliphatic heterocycles. The normalized spacial score (nSPS) is 13.1. The van der Waals surface area contributed by atoms with Gasteiger partial charge in [0.15, 0.2) is 6.10 Å². The maximum absolute atomic E-state index is 12.8. The second-order valence-electron chi connectivity index (χ2n) is 18.8. The summed E-state index contributed by atoms with van der Waals surface area (Å²) in [6.07, 6.45) is 83.1. The minimum Gasteiger partial charge on any atom is -0.462 e. The molecule has 1 unspecified atom stereocenters. The van der Waals surface area contributed by atoms with E-state index in [9.17, 15) is 14.4 Å². The number of hydrogen-bond acceptors (Lipinski definition) is 6. The van der Waals surface area contributed by atoms with Gasteiger partial charge in [-0.05, 0) is 116 Å². The minimum absolute atomic E-state index is 0.0942. The van der Waals surface area contributed by atoms with E-state index in [1.165, 1.54) is 51.4 Å². The summed E-state index contributed by atoms with van der Waals surface area (Å²) in [7, 11) is 0. The fourth-order valence-electron chi connectivity index (χ4n) is 7.59. The molecule has 406 valence electrons.